The van der Waals surface area contributed by atoms with Gasteiger partial charge in [0.05, 0.1) is 10.0 Å². The van der Waals surface area contributed by atoms with Gasteiger partial charge in [-0.15, -0.1) is 0 Å². The smallest absolute Gasteiger partial charge is 0.272 e. The first kappa shape index (κ1) is 12.4. The lowest BCUT2D eigenvalue weighted by Gasteiger charge is -2.17. The third-order valence-electron chi connectivity index (χ3n) is 1.73. The van der Waals surface area contributed by atoms with Crippen molar-refractivity contribution < 1.29 is 10.2 Å². The fraction of sp³-hybridized carbons (Fsp3) is 0.250. The Morgan fingerprint density at radius 3 is 2.07 bits per heavy atom. The summed E-state index contributed by atoms with van der Waals surface area (Å²) >= 11 is 22.6. The number of alkyl halides is 1. The fourth-order valence-corrected chi connectivity index (χ4v) is 1.90. The van der Waals surface area contributed by atoms with E-state index in [0.717, 1.165) is 0 Å². The van der Waals surface area contributed by atoms with Crippen LogP contribution in [0.2, 0.25) is 15.1 Å². The minimum absolute atomic E-state index is 0.0198. The molecule has 0 aromatic heterocycles. The van der Waals surface area contributed by atoms with Crippen LogP contribution in [0.5, 0.6) is 0 Å². The van der Waals surface area contributed by atoms with Crippen LogP contribution in [0, 0.1) is 6.92 Å². The van der Waals surface area contributed by atoms with Gasteiger partial charge < -0.3 is 10.2 Å². The van der Waals surface area contributed by atoms with E-state index in [-0.39, 0.29) is 20.6 Å². The van der Waals surface area contributed by atoms with Gasteiger partial charge in [-0.3, -0.25) is 0 Å². The van der Waals surface area contributed by atoms with Crippen molar-refractivity contribution in [2.24, 2.45) is 0 Å². The molecule has 0 spiro atoms. The second kappa shape index (κ2) is 4.05. The Hall–Kier alpha value is 0.300. The van der Waals surface area contributed by atoms with Crippen molar-refractivity contribution >= 4 is 46.4 Å². The Kier molecular flexibility index (Phi) is 3.58. The van der Waals surface area contributed by atoms with E-state index in [2.05, 4.69) is 0 Å². The van der Waals surface area contributed by atoms with Crippen molar-refractivity contribution in [1.29, 1.82) is 0 Å². The third-order valence-corrected chi connectivity index (χ3v) is 3.29. The van der Waals surface area contributed by atoms with E-state index in [0.29, 0.717) is 5.56 Å². The topological polar surface area (TPSA) is 40.5 Å². The number of benzene rings is 1. The molecule has 0 unspecified atom stereocenters. The standard InChI is InChI=1S/C8H6Cl4O2/c1-3-5(9)2-4(8(12,13)14)7(11)6(3)10/h2,13-14H,1H3. The molecule has 2 N–H and O–H groups in total. The Bertz CT molecular complexity index is 371. The molecule has 1 aromatic rings. The largest absolute Gasteiger partial charge is 0.350 e. The van der Waals surface area contributed by atoms with E-state index in [1.165, 1.54) is 6.07 Å². The Balaban J connectivity index is 3.49. The zero-order chi connectivity index (χ0) is 11.1. The van der Waals surface area contributed by atoms with Gasteiger partial charge in [-0.05, 0) is 18.6 Å². The van der Waals surface area contributed by atoms with E-state index in [9.17, 15) is 0 Å². The fourth-order valence-electron chi connectivity index (χ4n) is 0.917. The van der Waals surface area contributed by atoms with E-state index < -0.39 is 5.25 Å². The molecule has 0 fully saturated rings. The summed E-state index contributed by atoms with van der Waals surface area (Å²) in [6.45, 7) is 1.66. The molecule has 0 bridgehead atoms. The van der Waals surface area contributed by atoms with Crippen molar-refractivity contribution in [1.82, 2.24) is 0 Å². The van der Waals surface area contributed by atoms with Crippen LogP contribution < -0.4 is 0 Å². The Morgan fingerprint density at radius 2 is 1.64 bits per heavy atom. The van der Waals surface area contributed by atoms with Gasteiger partial charge in [0.2, 0.25) is 0 Å². The first-order valence-electron chi connectivity index (χ1n) is 3.53. The maximum atomic E-state index is 9.13. The van der Waals surface area contributed by atoms with Crippen molar-refractivity contribution in [3.05, 3.63) is 32.3 Å². The molecule has 14 heavy (non-hydrogen) atoms. The average molecular weight is 276 g/mol. The highest BCUT2D eigenvalue weighted by Gasteiger charge is 2.28. The van der Waals surface area contributed by atoms with Gasteiger partial charge in [-0.2, -0.15) is 0 Å². The van der Waals surface area contributed by atoms with Crippen LogP contribution in [0.1, 0.15) is 11.1 Å². The van der Waals surface area contributed by atoms with Crippen LogP contribution in [0.25, 0.3) is 0 Å². The van der Waals surface area contributed by atoms with Gasteiger partial charge in [0.15, 0.2) is 0 Å². The normalized spacial score (nSPS) is 11.9. The van der Waals surface area contributed by atoms with Crippen LogP contribution in [0.15, 0.2) is 6.07 Å². The summed E-state index contributed by atoms with van der Waals surface area (Å²) in [4.78, 5) is 0. The van der Waals surface area contributed by atoms with Crippen LogP contribution >= 0.6 is 46.4 Å². The van der Waals surface area contributed by atoms with Crippen molar-refractivity contribution in [2.45, 2.75) is 12.2 Å². The van der Waals surface area contributed by atoms with Gasteiger partial charge in [-0.25, -0.2) is 0 Å². The first-order chi connectivity index (χ1) is 6.25. The first-order valence-corrected chi connectivity index (χ1v) is 5.04. The van der Waals surface area contributed by atoms with Crippen molar-refractivity contribution in [3.63, 3.8) is 0 Å². The van der Waals surface area contributed by atoms with Crippen molar-refractivity contribution in [2.75, 3.05) is 0 Å². The molecule has 0 atom stereocenters. The van der Waals surface area contributed by atoms with E-state index in [4.69, 9.17) is 56.6 Å². The number of rotatable bonds is 1. The molecule has 1 rings (SSSR count). The second-order valence-corrected chi connectivity index (χ2v) is 4.44. The molecule has 1 aromatic carbocycles. The van der Waals surface area contributed by atoms with Gasteiger partial charge in [0.25, 0.3) is 5.25 Å². The Labute approximate surface area is 101 Å². The summed E-state index contributed by atoms with van der Waals surface area (Å²) in [6.07, 6.45) is 0. The summed E-state index contributed by atoms with van der Waals surface area (Å²) in [7, 11) is 0. The third kappa shape index (κ3) is 2.27. The minimum atomic E-state index is -2.57. The van der Waals surface area contributed by atoms with E-state index in [1.54, 1.807) is 6.92 Å². The molecular formula is C8H6Cl4O2. The highest BCUT2D eigenvalue weighted by atomic mass is 35.5. The quantitative estimate of drug-likeness (QED) is 0.469. The predicted octanol–water partition coefficient (Wildman–Crippen LogP) is 3.29. The van der Waals surface area contributed by atoms with Gasteiger partial charge in [0, 0.05) is 10.6 Å². The number of hydrogen-bond acceptors (Lipinski definition) is 2. The predicted molar refractivity (Wildman–Crippen MR) is 58.2 cm³/mol. The maximum Gasteiger partial charge on any atom is 0.272 e. The summed E-state index contributed by atoms with van der Waals surface area (Å²) in [5.74, 6) is 0. The molecule has 6 heteroatoms. The monoisotopic (exact) mass is 274 g/mol. The number of hydrogen-bond donors (Lipinski definition) is 2. The lowest BCUT2D eigenvalue weighted by molar-refractivity contribution is -0.0901. The van der Waals surface area contributed by atoms with E-state index in [1.807, 2.05) is 0 Å². The molecule has 0 aliphatic heterocycles. The molecule has 78 valence electrons. The maximum absolute atomic E-state index is 9.13. The molecule has 0 aliphatic rings. The molecule has 2 nitrogen and oxygen atoms in total. The molecule has 0 aliphatic carbocycles. The highest BCUT2D eigenvalue weighted by molar-refractivity contribution is 6.45. The van der Waals surface area contributed by atoms with Gasteiger partial charge in [-0.1, -0.05) is 46.4 Å². The zero-order valence-electron chi connectivity index (χ0n) is 6.98. The summed E-state index contributed by atoms with van der Waals surface area (Å²) < 4.78 is 0. The van der Waals surface area contributed by atoms with E-state index >= 15 is 0 Å². The summed E-state index contributed by atoms with van der Waals surface area (Å²) in [6, 6.07) is 1.26. The molecule has 0 saturated carbocycles. The molecule has 0 heterocycles. The average Bonchev–Trinajstić information content (AvgIpc) is 2.06. The van der Waals surface area contributed by atoms with Gasteiger partial charge in [0.1, 0.15) is 0 Å². The van der Waals surface area contributed by atoms with Crippen LogP contribution in [0.4, 0.5) is 0 Å². The summed E-state index contributed by atoms with van der Waals surface area (Å²) in [5, 5.41) is 16.1. The summed E-state index contributed by atoms with van der Waals surface area (Å²) in [5.41, 5.74) is 0.421. The Morgan fingerprint density at radius 1 is 1.14 bits per heavy atom. The lowest BCUT2D eigenvalue weighted by atomic mass is 10.1. The van der Waals surface area contributed by atoms with Crippen LogP contribution in [-0.2, 0) is 5.25 Å². The number of aliphatic hydroxyl groups is 2. The number of halogens is 4. The molecular weight excluding hydrogens is 270 g/mol. The zero-order valence-corrected chi connectivity index (χ0v) is 10.0. The molecule has 0 saturated heterocycles. The van der Waals surface area contributed by atoms with Crippen molar-refractivity contribution in [3.8, 4) is 0 Å². The molecule has 0 radical (unpaired) electrons. The van der Waals surface area contributed by atoms with Crippen LogP contribution in [-0.4, -0.2) is 10.2 Å². The highest BCUT2D eigenvalue weighted by Crippen LogP contribution is 2.39. The minimum Gasteiger partial charge on any atom is -0.350 e. The van der Waals surface area contributed by atoms with Crippen LogP contribution in [0.3, 0.4) is 0 Å². The van der Waals surface area contributed by atoms with Gasteiger partial charge >= 0.3 is 0 Å². The molecule has 0 amide bonds. The second-order valence-electron chi connectivity index (χ2n) is 2.75. The lowest BCUT2D eigenvalue weighted by Crippen LogP contribution is -2.17. The SMILES string of the molecule is Cc1c(Cl)cc(C(O)(O)Cl)c(Cl)c1Cl.